The van der Waals surface area contributed by atoms with Gasteiger partial charge in [-0.25, -0.2) is 0 Å². The Labute approximate surface area is 81.4 Å². The lowest BCUT2D eigenvalue weighted by Crippen LogP contribution is -2.62. The molecule has 1 atom stereocenters. The highest BCUT2D eigenvalue weighted by atomic mass is 16.5. The van der Waals surface area contributed by atoms with Crippen LogP contribution in [0, 0.1) is 0 Å². The van der Waals surface area contributed by atoms with Gasteiger partial charge < -0.3 is 10.1 Å². The Morgan fingerprint density at radius 1 is 1.54 bits per heavy atom. The van der Waals surface area contributed by atoms with Crippen LogP contribution < -0.4 is 5.32 Å². The minimum Gasteiger partial charge on any atom is -0.383 e. The third-order valence-corrected chi connectivity index (χ3v) is 2.84. The minimum atomic E-state index is 0.260. The van der Waals surface area contributed by atoms with Crippen molar-refractivity contribution in [3.05, 3.63) is 0 Å². The summed E-state index contributed by atoms with van der Waals surface area (Å²) >= 11 is 0. The molecule has 0 spiro atoms. The van der Waals surface area contributed by atoms with Crippen LogP contribution >= 0.6 is 0 Å². The topological polar surface area (TPSA) is 24.5 Å². The van der Waals surface area contributed by atoms with Gasteiger partial charge in [-0.05, 0) is 20.8 Å². The summed E-state index contributed by atoms with van der Waals surface area (Å²) in [6.45, 7) is 10.9. The maximum Gasteiger partial charge on any atom is 0.0590 e. The molecule has 3 heteroatoms. The zero-order valence-corrected chi connectivity index (χ0v) is 9.26. The maximum absolute atomic E-state index is 5.12. The summed E-state index contributed by atoms with van der Waals surface area (Å²) in [6.07, 6.45) is 0. The van der Waals surface area contributed by atoms with E-state index in [1.54, 1.807) is 7.11 Å². The van der Waals surface area contributed by atoms with Crippen molar-refractivity contribution in [1.29, 1.82) is 0 Å². The van der Waals surface area contributed by atoms with Crippen LogP contribution in [0.3, 0.4) is 0 Å². The normalized spacial score (nSPS) is 29.1. The van der Waals surface area contributed by atoms with Crippen molar-refractivity contribution < 1.29 is 4.74 Å². The lowest BCUT2D eigenvalue weighted by Gasteiger charge is -2.47. The molecular formula is C10H22N2O. The Hall–Kier alpha value is -0.120. The third kappa shape index (κ3) is 2.66. The van der Waals surface area contributed by atoms with E-state index in [9.17, 15) is 0 Å². The van der Waals surface area contributed by atoms with Gasteiger partial charge in [0.1, 0.15) is 0 Å². The van der Waals surface area contributed by atoms with Crippen LogP contribution in [0.1, 0.15) is 20.8 Å². The number of hydrogen-bond acceptors (Lipinski definition) is 3. The highest BCUT2D eigenvalue weighted by Crippen LogP contribution is 2.19. The van der Waals surface area contributed by atoms with Crippen LogP contribution in [0.5, 0.6) is 0 Å². The molecular weight excluding hydrogens is 164 g/mol. The highest BCUT2D eigenvalue weighted by Gasteiger charge is 2.33. The van der Waals surface area contributed by atoms with Gasteiger partial charge in [0.25, 0.3) is 0 Å². The van der Waals surface area contributed by atoms with E-state index < -0.39 is 0 Å². The SMILES string of the molecule is COCCN1C(C)CNCC1(C)C. The predicted molar refractivity (Wildman–Crippen MR) is 55.0 cm³/mol. The first kappa shape index (κ1) is 11.0. The Morgan fingerprint density at radius 3 is 2.77 bits per heavy atom. The Kier molecular flexibility index (Phi) is 3.71. The van der Waals surface area contributed by atoms with Gasteiger partial charge in [-0.1, -0.05) is 0 Å². The molecule has 13 heavy (non-hydrogen) atoms. The zero-order valence-electron chi connectivity index (χ0n) is 9.26. The lowest BCUT2D eigenvalue weighted by molar-refractivity contribution is 0.0220. The lowest BCUT2D eigenvalue weighted by atomic mass is 9.97. The molecule has 0 amide bonds. The van der Waals surface area contributed by atoms with Crippen LogP contribution in [0.15, 0.2) is 0 Å². The summed E-state index contributed by atoms with van der Waals surface area (Å²) in [4.78, 5) is 2.52. The molecule has 0 aromatic rings. The molecule has 1 fully saturated rings. The molecule has 1 heterocycles. The molecule has 78 valence electrons. The van der Waals surface area contributed by atoms with Gasteiger partial charge in [0.05, 0.1) is 6.61 Å². The summed E-state index contributed by atoms with van der Waals surface area (Å²) in [6, 6.07) is 0.610. The van der Waals surface area contributed by atoms with Crippen LogP contribution in [-0.2, 0) is 4.74 Å². The molecule has 1 rings (SSSR count). The molecule has 0 aromatic heterocycles. The predicted octanol–water partition coefficient (Wildman–Crippen LogP) is 0.705. The van der Waals surface area contributed by atoms with E-state index in [4.69, 9.17) is 4.74 Å². The molecule has 0 bridgehead atoms. The van der Waals surface area contributed by atoms with E-state index in [0.29, 0.717) is 6.04 Å². The van der Waals surface area contributed by atoms with Crippen molar-refractivity contribution in [2.45, 2.75) is 32.4 Å². The van der Waals surface area contributed by atoms with Gasteiger partial charge in [0.2, 0.25) is 0 Å². The number of ether oxygens (including phenoxy) is 1. The molecule has 1 saturated heterocycles. The van der Waals surface area contributed by atoms with Gasteiger partial charge in [0.15, 0.2) is 0 Å². The van der Waals surface area contributed by atoms with Crippen LogP contribution in [-0.4, -0.2) is 49.8 Å². The summed E-state index contributed by atoms with van der Waals surface area (Å²) in [5.74, 6) is 0. The molecule has 1 aliphatic rings. The highest BCUT2D eigenvalue weighted by molar-refractivity contribution is 4.92. The van der Waals surface area contributed by atoms with Crippen LogP contribution in [0.4, 0.5) is 0 Å². The molecule has 0 aromatic carbocycles. The fourth-order valence-electron chi connectivity index (χ4n) is 2.11. The smallest absolute Gasteiger partial charge is 0.0590 e. The van der Waals surface area contributed by atoms with Crippen molar-refractivity contribution in [3.8, 4) is 0 Å². The average Bonchev–Trinajstić information content (AvgIpc) is 2.02. The zero-order chi connectivity index (χ0) is 9.90. The number of nitrogens with zero attached hydrogens (tertiary/aromatic N) is 1. The van der Waals surface area contributed by atoms with Gasteiger partial charge in [-0.15, -0.1) is 0 Å². The first-order valence-electron chi connectivity index (χ1n) is 5.04. The number of methoxy groups -OCH3 is 1. The monoisotopic (exact) mass is 186 g/mol. The first-order chi connectivity index (χ1) is 6.08. The quantitative estimate of drug-likeness (QED) is 0.702. The van der Waals surface area contributed by atoms with E-state index in [-0.39, 0.29) is 5.54 Å². The summed E-state index contributed by atoms with van der Waals surface area (Å²) in [5.41, 5.74) is 0.260. The average molecular weight is 186 g/mol. The molecule has 1 aliphatic heterocycles. The van der Waals surface area contributed by atoms with Gasteiger partial charge in [0, 0.05) is 38.3 Å². The number of nitrogens with one attached hydrogen (secondary N) is 1. The van der Waals surface area contributed by atoms with Crippen LogP contribution in [0.2, 0.25) is 0 Å². The van der Waals surface area contributed by atoms with Crippen molar-refractivity contribution in [3.63, 3.8) is 0 Å². The Bertz CT molecular complexity index is 159. The second-order valence-electron chi connectivity index (χ2n) is 4.48. The largest absolute Gasteiger partial charge is 0.383 e. The molecule has 3 nitrogen and oxygen atoms in total. The number of rotatable bonds is 3. The fraction of sp³-hybridized carbons (Fsp3) is 1.00. The molecule has 1 unspecified atom stereocenters. The van der Waals surface area contributed by atoms with E-state index in [1.807, 2.05) is 0 Å². The first-order valence-corrected chi connectivity index (χ1v) is 5.04. The second kappa shape index (κ2) is 4.40. The molecule has 0 saturated carbocycles. The third-order valence-electron chi connectivity index (χ3n) is 2.84. The van der Waals surface area contributed by atoms with Gasteiger partial charge in [-0.2, -0.15) is 0 Å². The molecule has 0 radical (unpaired) electrons. The van der Waals surface area contributed by atoms with Crippen molar-refractivity contribution in [1.82, 2.24) is 10.2 Å². The van der Waals surface area contributed by atoms with E-state index in [1.165, 1.54) is 0 Å². The maximum atomic E-state index is 5.12. The minimum absolute atomic E-state index is 0.260. The van der Waals surface area contributed by atoms with Gasteiger partial charge in [-0.3, -0.25) is 4.90 Å². The van der Waals surface area contributed by atoms with Crippen molar-refractivity contribution in [2.24, 2.45) is 0 Å². The Balaban J connectivity index is 2.52. The van der Waals surface area contributed by atoms with E-state index in [0.717, 1.165) is 26.2 Å². The van der Waals surface area contributed by atoms with Crippen molar-refractivity contribution in [2.75, 3.05) is 33.4 Å². The van der Waals surface area contributed by atoms with Crippen LogP contribution in [0.25, 0.3) is 0 Å². The summed E-state index contributed by atoms with van der Waals surface area (Å²) in [5, 5.41) is 3.45. The second-order valence-corrected chi connectivity index (χ2v) is 4.48. The van der Waals surface area contributed by atoms with Gasteiger partial charge >= 0.3 is 0 Å². The molecule has 0 aliphatic carbocycles. The molecule has 1 N–H and O–H groups in total. The van der Waals surface area contributed by atoms with Crippen molar-refractivity contribution >= 4 is 0 Å². The van der Waals surface area contributed by atoms with E-state index in [2.05, 4.69) is 31.0 Å². The Morgan fingerprint density at radius 2 is 2.23 bits per heavy atom. The fourth-order valence-corrected chi connectivity index (χ4v) is 2.11. The number of hydrogen-bond donors (Lipinski definition) is 1. The number of piperazine rings is 1. The standard InChI is InChI=1S/C10H22N2O/c1-9-7-11-8-10(2,3)12(9)5-6-13-4/h9,11H,5-8H2,1-4H3. The summed E-state index contributed by atoms with van der Waals surface area (Å²) < 4.78 is 5.12. The van der Waals surface area contributed by atoms with E-state index >= 15 is 0 Å². The summed E-state index contributed by atoms with van der Waals surface area (Å²) in [7, 11) is 1.76.